The van der Waals surface area contributed by atoms with Crippen molar-refractivity contribution in [1.29, 1.82) is 0 Å². The van der Waals surface area contributed by atoms with E-state index in [4.69, 9.17) is 5.21 Å². The molecular weight excluding hydrogens is 303 g/mol. The van der Waals surface area contributed by atoms with E-state index in [1.54, 1.807) is 0 Å². The highest BCUT2D eigenvalue weighted by atomic mass is 127. The molecule has 0 unspecified atom stereocenters. The predicted molar refractivity (Wildman–Crippen MR) is 55.7 cm³/mol. The van der Waals surface area contributed by atoms with E-state index in [1.165, 1.54) is 11.8 Å². The molecule has 0 aliphatic heterocycles. The Morgan fingerprint density at radius 3 is 2.47 bits per heavy atom. The lowest BCUT2D eigenvalue weighted by molar-refractivity contribution is -0.672. The number of oxime groups is 1. The van der Waals surface area contributed by atoms with Crippen LogP contribution < -0.4 is 28.5 Å². The van der Waals surface area contributed by atoms with Crippen molar-refractivity contribution >= 4 is 6.21 Å². The van der Waals surface area contributed by atoms with Crippen LogP contribution in [0, 0.1) is 0 Å². The monoisotopic (exact) mass is 320 g/mol. The van der Waals surface area contributed by atoms with Gasteiger partial charge in [-0.1, -0.05) is 25.9 Å². The lowest BCUT2D eigenvalue weighted by atomic mass is 9.87. The quantitative estimate of drug-likeness (QED) is 0.224. The summed E-state index contributed by atoms with van der Waals surface area (Å²) in [6.07, 6.45) is 3.41. The molecule has 0 saturated carbocycles. The summed E-state index contributed by atoms with van der Waals surface area (Å²) in [5.41, 5.74) is 2.23. The molecule has 0 radical (unpaired) electrons. The molecule has 0 aliphatic rings. The van der Waals surface area contributed by atoms with Crippen molar-refractivity contribution in [1.82, 2.24) is 0 Å². The number of pyridine rings is 1. The lowest BCUT2D eigenvalue weighted by Gasteiger charge is -2.17. The number of hydrogen-bond acceptors (Lipinski definition) is 2. The Morgan fingerprint density at radius 1 is 1.40 bits per heavy atom. The summed E-state index contributed by atoms with van der Waals surface area (Å²) < 4.78 is 1.91. The van der Waals surface area contributed by atoms with Crippen molar-refractivity contribution in [3.8, 4) is 0 Å². The first-order valence-corrected chi connectivity index (χ1v) is 4.63. The Kier molecular flexibility index (Phi) is 5.20. The first kappa shape index (κ1) is 14.3. The number of rotatable bonds is 1. The van der Waals surface area contributed by atoms with Gasteiger partial charge in [0.05, 0.1) is 0 Å². The van der Waals surface area contributed by atoms with Crippen LogP contribution in [0.15, 0.2) is 23.5 Å². The molecule has 0 spiro atoms. The molecule has 0 fully saturated rings. The van der Waals surface area contributed by atoms with E-state index in [0.29, 0.717) is 0 Å². The molecule has 0 amide bonds. The van der Waals surface area contributed by atoms with Gasteiger partial charge in [-0.3, -0.25) is 0 Å². The normalized spacial score (nSPS) is 11.5. The zero-order valence-electron chi connectivity index (χ0n) is 9.53. The highest BCUT2D eigenvalue weighted by Crippen LogP contribution is 2.20. The van der Waals surface area contributed by atoms with E-state index in [0.717, 1.165) is 5.69 Å². The smallest absolute Gasteiger partial charge is 0.227 e. The van der Waals surface area contributed by atoms with Crippen molar-refractivity contribution in [2.45, 2.75) is 26.2 Å². The minimum atomic E-state index is 0. The van der Waals surface area contributed by atoms with Gasteiger partial charge in [0.15, 0.2) is 6.20 Å². The molecule has 4 heteroatoms. The molecule has 1 aromatic heterocycles. The van der Waals surface area contributed by atoms with Crippen LogP contribution in [0.2, 0.25) is 0 Å². The molecule has 1 rings (SSSR count). The molecule has 3 nitrogen and oxygen atoms in total. The van der Waals surface area contributed by atoms with E-state index in [1.807, 2.05) is 23.9 Å². The van der Waals surface area contributed by atoms with E-state index in [-0.39, 0.29) is 29.4 Å². The van der Waals surface area contributed by atoms with Gasteiger partial charge in [0.2, 0.25) is 5.69 Å². The molecule has 15 heavy (non-hydrogen) atoms. The largest absolute Gasteiger partial charge is 1.00 e. The molecule has 0 aliphatic carbocycles. The summed E-state index contributed by atoms with van der Waals surface area (Å²) in [5, 5.41) is 11.5. The van der Waals surface area contributed by atoms with Gasteiger partial charge < -0.3 is 29.2 Å². The highest BCUT2D eigenvalue weighted by molar-refractivity contribution is 5.74. The maximum absolute atomic E-state index is 8.49. The van der Waals surface area contributed by atoms with Crippen LogP contribution in [0.4, 0.5) is 0 Å². The third kappa shape index (κ3) is 3.77. The Labute approximate surface area is 108 Å². The number of nitrogens with zero attached hydrogens (tertiary/aromatic N) is 2. The summed E-state index contributed by atoms with van der Waals surface area (Å²) in [7, 11) is 1.92. The Morgan fingerprint density at radius 2 is 2.00 bits per heavy atom. The van der Waals surface area contributed by atoms with Gasteiger partial charge in [0.1, 0.15) is 13.3 Å². The topological polar surface area (TPSA) is 36.5 Å². The third-order valence-corrected chi connectivity index (χ3v) is 2.24. The zero-order valence-corrected chi connectivity index (χ0v) is 11.7. The summed E-state index contributed by atoms with van der Waals surface area (Å²) >= 11 is 0. The Balaban J connectivity index is 0.00000196. The summed E-state index contributed by atoms with van der Waals surface area (Å²) in [4.78, 5) is 0. The predicted octanol–water partition coefficient (Wildman–Crippen LogP) is -1.38. The summed E-state index contributed by atoms with van der Waals surface area (Å²) in [6, 6.07) is 4.11. The first-order valence-electron chi connectivity index (χ1n) is 4.63. The number of aryl methyl sites for hydroxylation is 1. The van der Waals surface area contributed by atoms with Gasteiger partial charge in [0.25, 0.3) is 0 Å². The van der Waals surface area contributed by atoms with Gasteiger partial charge in [0, 0.05) is 12.1 Å². The lowest BCUT2D eigenvalue weighted by Crippen LogP contribution is -3.00. The van der Waals surface area contributed by atoms with Crippen LogP contribution in [-0.4, -0.2) is 11.4 Å². The molecular formula is C11H17IN2O. The Hall–Kier alpha value is -0.650. The second-order valence-corrected chi connectivity index (χ2v) is 4.45. The number of hydrogen-bond donors (Lipinski definition) is 1. The van der Waals surface area contributed by atoms with Gasteiger partial charge in [-0.05, 0) is 11.0 Å². The van der Waals surface area contributed by atoms with Crippen molar-refractivity contribution in [3.05, 3.63) is 29.6 Å². The fourth-order valence-electron chi connectivity index (χ4n) is 1.24. The number of halogens is 1. The first-order chi connectivity index (χ1) is 6.45. The second kappa shape index (κ2) is 5.44. The van der Waals surface area contributed by atoms with Crippen molar-refractivity contribution in [2.75, 3.05) is 0 Å². The summed E-state index contributed by atoms with van der Waals surface area (Å²) in [6.45, 7) is 6.46. The molecule has 84 valence electrons. The molecule has 1 N–H and O–H groups in total. The average Bonchev–Trinajstić information content (AvgIpc) is 2.07. The average molecular weight is 320 g/mol. The van der Waals surface area contributed by atoms with E-state index in [2.05, 4.69) is 32.0 Å². The minimum Gasteiger partial charge on any atom is -1.00 e. The van der Waals surface area contributed by atoms with E-state index >= 15 is 0 Å². The van der Waals surface area contributed by atoms with E-state index < -0.39 is 0 Å². The molecule has 1 heterocycles. The molecule has 0 atom stereocenters. The van der Waals surface area contributed by atoms with Crippen LogP contribution in [0.1, 0.15) is 32.0 Å². The minimum absolute atomic E-state index is 0. The molecule has 0 aromatic carbocycles. The van der Waals surface area contributed by atoms with Gasteiger partial charge >= 0.3 is 0 Å². The molecule has 0 saturated heterocycles. The standard InChI is InChI=1S/C11H16N2O.HI/c1-11(2,3)9-5-6-13(4)10(7-9)8-12-14;/h5-8H,1-4H3;1H. The molecule has 0 bridgehead atoms. The van der Waals surface area contributed by atoms with Crippen LogP contribution >= 0.6 is 0 Å². The van der Waals surface area contributed by atoms with Gasteiger partial charge in [-0.2, -0.15) is 0 Å². The molecule has 1 aromatic rings. The highest BCUT2D eigenvalue weighted by Gasteiger charge is 2.16. The maximum atomic E-state index is 8.49. The second-order valence-electron chi connectivity index (χ2n) is 4.45. The SMILES string of the molecule is C[n+]1ccc(C(C)(C)C)cc1C=NO.[I-]. The fraction of sp³-hybridized carbons (Fsp3) is 0.455. The van der Waals surface area contributed by atoms with Crippen LogP contribution in [0.25, 0.3) is 0 Å². The maximum Gasteiger partial charge on any atom is 0.227 e. The third-order valence-electron chi connectivity index (χ3n) is 2.24. The van der Waals surface area contributed by atoms with Crippen LogP contribution in [0.3, 0.4) is 0 Å². The van der Waals surface area contributed by atoms with Crippen molar-refractivity contribution < 1.29 is 33.8 Å². The van der Waals surface area contributed by atoms with Gasteiger partial charge in [-0.25, -0.2) is 4.57 Å². The fourth-order valence-corrected chi connectivity index (χ4v) is 1.24. The summed E-state index contributed by atoms with van der Waals surface area (Å²) in [5.74, 6) is 0. The number of aromatic nitrogens is 1. The van der Waals surface area contributed by atoms with Gasteiger partial charge in [-0.15, -0.1) is 0 Å². The van der Waals surface area contributed by atoms with Crippen molar-refractivity contribution in [3.63, 3.8) is 0 Å². The van der Waals surface area contributed by atoms with Crippen molar-refractivity contribution in [2.24, 2.45) is 12.2 Å². The Bertz CT molecular complexity index is 356. The van der Waals surface area contributed by atoms with Crippen LogP contribution in [-0.2, 0) is 12.5 Å². The zero-order chi connectivity index (χ0) is 10.8. The van der Waals surface area contributed by atoms with E-state index in [9.17, 15) is 0 Å². The van der Waals surface area contributed by atoms with Crippen LogP contribution in [0.5, 0.6) is 0 Å².